The smallest absolute Gasteiger partial charge is 0.410 e. The average molecular weight is 608 g/mol. The van der Waals surface area contributed by atoms with Gasteiger partial charge in [-0.05, 0) is 51.5 Å². The second-order valence-corrected chi connectivity index (χ2v) is 12.5. The van der Waals surface area contributed by atoms with E-state index in [2.05, 4.69) is 10.6 Å². The lowest BCUT2D eigenvalue weighted by molar-refractivity contribution is -0.144. The highest BCUT2D eigenvalue weighted by atomic mass is 16.6. The molecular formula is C32H53N3O8. The molecule has 0 aliphatic carbocycles. The molecule has 0 aliphatic heterocycles. The van der Waals surface area contributed by atoms with Crippen molar-refractivity contribution in [1.29, 1.82) is 0 Å². The molecule has 11 heteroatoms. The molecule has 0 aliphatic rings. The molecule has 0 unspecified atom stereocenters. The largest absolute Gasteiger partial charge is 0.469 e. The normalized spacial score (nSPS) is 15.8. The van der Waals surface area contributed by atoms with E-state index in [1.54, 1.807) is 27.7 Å². The molecule has 0 spiro atoms. The molecule has 0 saturated carbocycles. The zero-order valence-electron chi connectivity index (χ0n) is 27.5. The third-order valence-electron chi connectivity index (χ3n) is 7.14. The van der Waals surface area contributed by atoms with Crippen LogP contribution in [0.25, 0.3) is 0 Å². The fraction of sp³-hybridized carbons (Fsp3) is 0.688. The monoisotopic (exact) mass is 607 g/mol. The van der Waals surface area contributed by atoms with Gasteiger partial charge >= 0.3 is 12.1 Å². The Morgan fingerprint density at radius 2 is 1.58 bits per heavy atom. The number of hydrogen-bond donors (Lipinski definition) is 3. The molecule has 1 aromatic carbocycles. The van der Waals surface area contributed by atoms with Crippen LogP contribution in [0.3, 0.4) is 0 Å². The van der Waals surface area contributed by atoms with Crippen LogP contribution in [-0.4, -0.2) is 84.0 Å². The van der Waals surface area contributed by atoms with Crippen molar-refractivity contribution < 1.29 is 38.5 Å². The lowest BCUT2D eigenvalue weighted by atomic mass is 9.92. The predicted octanol–water partition coefficient (Wildman–Crippen LogP) is 3.81. The fourth-order valence-electron chi connectivity index (χ4n) is 4.40. The van der Waals surface area contributed by atoms with Gasteiger partial charge in [0.15, 0.2) is 0 Å². The predicted molar refractivity (Wildman–Crippen MR) is 164 cm³/mol. The standard InChI is InChI=1S/C32H53N3O8/c1-11-21(4)27(25(36)18-26(37)41-10)33-30(39)28(22(5)42-19-23-15-13-12-14-16-23)34-29(38)24(17-20(2)3)35(9)31(40)43-32(6,7)8/h12-16,20-22,24-25,27-28,36H,11,17-19H2,1-10H3,(H,33,39)(H,34,38)/t21-,22+,24+,25-,27+,28-/m0/s1. The van der Waals surface area contributed by atoms with Crippen LogP contribution < -0.4 is 10.6 Å². The van der Waals surface area contributed by atoms with Crippen molar-refractivity contribution in [3.8, 4) is 0 Å². The van der Waals surface area contributed by atoms with Gasteiger partial charge in [-0.3, -0.25) is 19.3 Å². The Balaban J connectivity index is 3.34. The number of nitrogens with zero attached hydrogens (tertiary/aromatic N) is 1. The average Bonchev–Trinajstić information content (AvgIpc) is 2.94. The third-order valence-corrected chi connectivity index (χ3v) is 7.14. The van der Waals surface area contributed by atoms with Crippen LogP contribution in [0.4, 0.5) is 4.79 Å². The van der Waals surface area contributed by atoms with Crippen molar-refractivity contribution >= 4 is 23.9 Å². The van der Waals surface area contributed by atoms with Gasteiger partial charge in [-0.25, -0.2) is 4.79 Å². The van der Waals surface area contributed by atoms with Crippen LogP contribution in [-0.2, 0) is 35.2 Å². The first kappa shape index (κ1) is 37.8. The lowest BCUT2D eigenvalue weighted by Crippen LogP contribution is -2.61. The van der Waals surface area contributed by atoms with E-state index in [9.17, 15) is 24.3 Å². The molecular weight excluding hydrogens is 554 g/mol. The van der Waals surface area contributed by atoms with Gasteiger partial charge in [0.25, 0.3) is 0 Å². The summed E-state index contributed by atoms with van der Waals surface area (Å²) in [6.07, 6.45) is -2.05. The maximum atomic E-state index is 13.8. The van der Waals surface area contributed by atoms with Crippen LogP contribution >= 0.6 is 0 Å². The summed E-state index contributed by atoms with van der Waals surface area (Å²) >= 11 is 0. The Hall–Kier alpha value is -3.18. The van der Waals surface area contributed by atoms with Crippen LogP contribution in [0.15, 0.2) is 30.3 Å². The summed E-state index contributed by atoms with van der Waals surface area (Å²) in [6.45, 7) is 14.7. The lowest BCUT2D eigenvalue weighted by Gasteiger charge is -2.34. The molecule has 11 nitrogen and oxygen atoms in total. The summed E-state index contributed by atoms with van der Waals surface area (Å²) in [6, 6.07) is 6.49. The Labute approximate surface area is 257 Å². The Kier molecular flexibility index (Phi) is 15.7. The molecule has 43 heavy (non-hydrogen) atoms. The molecule has 0 fully saturated rings. The van der Waals surface area contributed by atoms with Crippen LogP contribution in [0, 0.1) is 11.8 Å². The maximum Gasteiger partial charge on any atom is 0.410 e. The van der Waals surface area contributed by atoms with Crippen LogP contribution in [0.5, 0.6) is 0 Å². The number of methoxy groups -OCH3 is 1. The van der Waals surface area contributed by atoms with Crippen molar-refractivity contribution in [2.45, 2.75) is 117 Å². The van der Waals surface area contributed by atoms with E-state index < -0.39 is 59.8 Å². The quantitative estimate of drug-likeness (QED) is 0.241. The molecule has 1 aromatic rings. The number of benzene rings is 1. The first-order chi connectivity index (χ1) is 20.0. The number of carbonyl (C=O) groups excluding carboxylic acids is 4. The van der Waals surface area contributed by atoms with Crippen molar-refractivity contribution in [2.75, 3.05) is 14.2 Å². The summed E-state index contributed by atoms with van der Waals surface area (Å²) in [5, 5.41) is 16.5. The first-order valence-electron chi connectivity index (χ1n) is 15.0. The Bertz CT molecular complexity index is 1030. The van der Waals surface area contributed by atoms with Crippen molar-refractivity contribution in [3.63, 3.8) is 0 Å². The summed E-state index contributed by atoms with van der Waals surface area (Å²) in [5.74, 6) is -1.91. The molecule has 1 rings (SSSR count). The Morgan fingerprint density at radius 1 is 0.977 bits per heavy atom. The van der Waals surface area contributed by atoms with Gasteiger partial charge in [-0.15, -0.1) is 0 Å². The molecule has 3 N–H and O–H groups in total. The maximum absolute atomic E-state index is 13.8. The molecule has 244 valence electrons. The fourth-order valence-corrected chi connectivity index (χ4v) is 4.40. The number of esters is 1. The van der Waals surface area contributed by atoms with E-state index in [0.29, 0.717) is 12.8 Å². The summed E-state index contributed by atoms with van der Waals surface area (Å²) in [5.41, 5.74) is 0.121. The van der Waals surface area contributed by atoms with E-state index in [4.69, 9.17) is 14.2 Å². The van der Waals surface area contributed by atoms with Crippen molar-refractivity contribution in [1.82, 2.24) is 15.5 Å². The molecule has 6 atom stereocenters. The van der Waals surface area contributed by atoms with E-state index >= 15 is 0 Å². The number of hydrogen-bond acceptors (Lipinski definition) is 8. The molecule has 0 aromatic heterocycles. The Morgan fingerprint density at radius 3 is 2.09 bits per heavy atom. The van der Waals surface area contributed by atoms with Gasteiger partial charge in [0.05, 0.1) is 38.4 Å². The van der Waals surface area contributed by atoms with E-state index in [1.807, 2.05) is 58.0 Å². The van der Waals surface area contributed by atoms with Crippen molar-refractivity contribution in [2.24, 2.45) is 11.8 Å². The van der Waals surface area contributed by atoms with Crippen LogP contribution in [0.2, 0.25) is 0 Å². The van der Waals surface area contributed by atoms with E-state index in [-0.39, 0.29) is 24.9 Å². The minimum absolute atomic E-state index is 0.0444. The zero-order chi connectivity index (χ0) is 32.9. The third kappa shape index (κ3) is 13.3. The van der Waals surface area contributed by atoms with Gasteiger partial charge < -0.3 is 30.0 Å². The molecule has 0 bridgehead atoms. The summed E-state index contributed by atoms with van der Waals surface area (Å²) in [7, 11) is 2.72. The van der Waals surface area contributed by atoms with Gasteiger partial charge in [0.1, 0.15) is 17.7 Å². The number of aliphatic hydroxyl groups is 1. The zero-order valence-corrected chi connectivity index (χ0v) is 27.5. The molecule has 0 radical (unpaired) electrons. The minimum Gasteiger partial charge on any atom is -0.469 e. The number of likely N-dealkylation sites (N-methyl/N-ethyl adjacent to an activating group) is 1. The number of aliphatic hydroxyl groups excluding tert-OH is 1. The SMILES string of the molecule is CC[C@H](C)[C@@H](NC(=O)[C@@H](NC(=O)[C@@H](CC(C)C)N(C)C(=O)OC(C)(C)C)[C@@H](C)OCc1ccccc1)[C@@H](O)CC(=O)OC. The van der Waals surface area contributed by atoms with E-state index in [1.165, 1.54) is 19.1 Å². The highest BCUT2D eigenvalue weighted by Gasteiger charge is 2.37. The topological polar surface area (TPSA) is 144 Å². The highest BCUT2D eigenvalue weighted by Crippen LogP contribution is 2.18. The molecule has 0 heterocycles. The number of ether oxygens (including phenoxy) is 3. The second-order valence-electron chi connectivity index (χ2n) is 12.5. The number of nitrogens with one attached hydrogen (secondary N) is 2. The number of rotatable bonds is 16. The summed E-state index contributed by atoms with van der Waals surface area (Å²) < 4.78 is 16.2. The van der Waals surface area contributed by atoms with Gasteiger partial charge in [0.2, 0.25) is 11.8 Å². The van der Waals surface area contributed by atoms with Crippen molar-refractivity contribution in [3.05, 3.63) is 35.9 Å². The minimum atomic E-state index is -1.21. The summed E-state index contributed by atoms with van der Waals surface area (Å²) in [4.78, 5) is 53.6. The number of carbonyl (C=O) groups is 4. The van der Waals surface area contributed by atoms with Gasteiger partial charge in [-0.1, -0.05) is 64.4 Å². The van der Waals surface area contributed by atoms with Gasteiger partial charge in [-0.2, -0.15) is 0 Å². The molecule has 3 amide bonds. The van der Waals surface area contributed by atoms with Crippen LogP contribution in [0.1, 0.15) is 80.2 Å². The highest BCUT2D eigenvalue weighted by molar-refractivity contribution is 5.91. The van der Waals surface area contributed by atoms with Gasteiger partial charge in [0, 0.05) is 7.05 Å². The number of amides is 3. The first-order valence-corrected chi connectivity index (χ1v) is 15.0. The van der Waals surface area contributed by atoms with E-state index in [0.717, 1.165) is 5.56 Å². The molecule has 0 saturated heterocycles. The second kappa shape index (κ2) is 17.8.